The van der Waals surface area contributed by atoms with E-state index >= 15 is 0 Å². The van der Waals surface area contributed by atoms with Gasteiger partial charge in [-0.15, -0.1) is 0 Å². The first-order chi connectivity index (χ1) is 16.1. The van der Waals surface area contributed by atoms with E-state index in [-0.39, 0.29) is 22.8 Å². The van der Waals surface area contributed by atoms with Crippen LogP contribution in [0.2, 0.25) is 0 Å². The quantitative estimate of drug-likeness (QED) is 0.169. The first-order valence-corrected chi connectivity index (χ1v) is 10.4. The van der Waals surface area contributed by atoms with Gasteiger partial charge in [-0.1, -0.05) is 0 Å². The van der Waals surface area contributed by atoms with E-state index in [0.29, 0.717) is 0 Å². The van der Waals surface area contributed by atoms with Gasteiger partial charge in [-0.3, -0.25) is 10.1 Å². The maximum Gasteiger partial charge on any atom is 0.269 e. The zero-order valence-corrected chi connectivity index (χ0v) is 18.6. The van der Waals surface area contributed by atoms with Gasteiger partial charge in [-0.25, -0.2) is 9.97 Å². The zero-order valence-electron chi connectivity index (χ0n) is 17.6. The van der Waals surface area contributed by atoms with Gasteiger partial charge in [0.1, 0.15) is 0 Å². The third kappa shape index (κ3) is 4.20. The van der Waals surface area contributed by atoms with Crippen LogP contribution in [0.1, 0.15) is 22.8 Å². The Hall–Kier alpha value is -4.26. The van der Waals surface area contributed by atoms with E-state index in [1.54, 1.807) is 12.1 Å². The van der Waals surface area contributed by atoms with E-state index in [1.165, 1.54) is 12.1 Å². The van der Waals surface area contributed by atoms with Gasteiger partial charge >= 0.3 is 0 Å². The van der Waals surface area contributed by atoms with Crippen LogP contribution >= 0.6 is 0 Å². The third-order valence-corrected chi connectivity index (χ3v) is 5.56. The Labute approximate surface area is 204 Å². The molecule has 5 heterocycles. The summed E-state index contributed by atoms with van der Waals surface area (Å²) in [5.41, 5.74) is 8.92. The summed E-state index contributed by atoms with van der Waals surface area (Å²) in [6.45, 7) is 0. The van der Waals surface area contributed by atoms with E-state index in [1.807, 2.05) is 66.8 Å². The number of rotatable bonds is 2. The van der Waals surface area contributed by atoms with Gasteiger partial charge in [0, 0.05) is 56.8 Å². The summed E-state index contributed by atoms with van der Waals surface area (Å²) >= 11 is 0. The van der Waals surface area contributed by atoms with Crippen molar-refractivity contribution >= 4 is 52.1 Å². The third-order valence-electron chi connectivity index (χ3n) is 5.56. The minimum atomic E-state index is -0.394. The summed E-state index contributed by atoms with van der Waals surface area (Å²) in [7, 11) is 0. The molecule has 4 aromatic rings. The molecule has 0 saturated heterocycles. The van der Waals surface area contributed by atoms with Crippen LogP contribution in [0.15, 0.2) is 66.7 Å². The van der Waals surface area contributed by atoms with Crippen LogP contribution in [0.3, 0.4) is 0 Å². The molecule has 1 aromatic carbocycles. The number of aromatic nitrogens is 4. The van der Waals surface area contributed by atoms with Gasteiger partial charge in [0.15, 0.2) is 0 Å². The summed E-state index contributed by atoms with van der Waals surface area (Å²) in [5, 5.41) is 11.1. The summed E-state index contributed by atoms with van der Waals surface area (Å²) in [6.07, 6.45) is 7.89. The van der Waals surface area contributed by atoms with Crippen molar-refractivity contribution in [2.75, 3.05) is 0 Å². The van der Waals surface area contributed by atoms with Crippen LogP contribution < -0.4 is 0 Å². The molecule has 2 aliphatic heterocycles. The maximum atomic E-state index is 11.1. The summed E-state index contributed by atoms with van der Waals surface area (Å²) in [4.78, 5) is 26.9. The number of hydrogen-bond acceptors (Lipinski definition) is 4. The number of benzene rings is 1. The second kappa shape index (κ2) is 8.59. The molecule has 0 aliphatic carbocycles. The Morgan fingerprint density at radius 2 is 1.18 bits per heavy atom. The first kappa shape index (κ1) is 21.6. The molecule has 34 heavy (non-hydrogen) atoms. The largest absolute Gasteiger partial charge is 0.355 e. The number of fused-ring (bicyclic) bond motifs is 8. The fourth-order valence-corrected chi connectivity index (χ4v) is 4.02. The predicted octanol–water partition coefficient (Wildman–Crippen LogP) is 6.23. The van der Waals surface area contributed by atoms with Crippen LogP contribution in [-0.4, -0.2) is 24.9 Å². The number of H-pyrrole nitrogens is 2. The molecule has 8 heteroatoms. The van der Waals surface area contributed by atoms with E-state index in [9.17, 15) is 10.1 Å². The number of non-ortho nitro benzene ring substituents is 1. The number of hydrogen-bond donors (Lipinski definition) is 2. The molecular formula is C26H17CuN5O2. The van der Waals surface area contributed by atoms with Crippen molar-refractivity contribution in [3.63, 3.8) is 0 Å². The van der Waals surface area contributed by atoms with Crippen LogP contribution in [0.25, 0.3) is 57.5 Å². The molecule has 0 saturated carbocycles. The SMILES string of the molecule is O=[N+]([O-])c1ccc(-c2cc3cc4nc(cc5ccc(cc6nc(cc2[nH]3)C=C6)[nH]5)C=C4)cc1.[Cu]. The van der Waals surface area contributed by atoms with Crippen molar-refractivity contribution in [1.82, 2.24) is 19.9 Å². The van der Waals surface area contributed by atoms with Gasteiger partial charge in [0.05, 0.1) is 27.7 Å². The minimum absolute atomic E-state index is 0. The molecule has 8 bridgehead atoms. The molecule has 169 valence electrons. The number of nitrogens with zero attached hydrogens (tertiary/aromatic N) is 3. The molecule has 2 N–H and O–H groups in total. The monoisotopic (exact) mass is 494 g/mol. The molecular weight excluding hydrogens is 478 g/mol. The smallest absolute Gasteiger partial charge is 0.269 e. The Kier molecular flexibility index (Phi) is 5.45. The van der Waals surface area contributed by atoms with Crippen molar-refractivity contribution in [2.24, 2.45) is 0 Å². The van der Waals surface area contributed by atoms with Crippen LogP contribution in [-0.2, 0) is 17.1 Å². The summed E-state index contributed by atoms with van der Waals surface area (Å²) < 4.78 is 0. The normalized spacial score (nSPS) is 11.9. The molecule has 6 rings (SSSR count). The van der Waals surface area contributed by atoms with Crippen LogP contribution in [0.5, 0.6) is 0 Å². The number of nitro groups is 1. The van der Waals surface area contributed by atoms with E-state index in [2.05, 4.69) is 9.97 Å². The molecule has 2 aliphatic rings. The fourth-order valence-electron chi connectivity index (χ4n) is 4.02. The van der Waals surface area contributed by atoms with Crippen molar-refractivity contribution in [1.29, 1.82) is 0 Å². The van der Waals surface area contributed by atoms with E-state index in [0.717, 1.165) is 56.0 Å². The average molecular weight is 495 g/mol. The predicted molar refractivity (Wildman–Crippen MR) is 131 cm³/mol. The second-order valence-electron chi connectivity index (χ2n) is 7.89. The standard InChI is InChI=1S/C26H17N5O2.Cu/c32-31(33)24-9-1-16(2-10-24)25-14-23-13-21-6-5-19(28-21)11-17-3-4-18(27-17)12-20-7-8-22(29-20)15-26(25)30-23;/h1-15,27,30H;. The fraction of sp³-hybridized carbons (Fsp3) is 0. The van der Waals surface area contributed by atoms with Crippen LogP contribution in [0, 0.1) is 10.1 Å². The Morgan fingerprint density at radius 1 is 0.647 bits per heavy atom. The summed E-state index contributed by atoms with van der Waals surface area (Å²) in [6, 6.07) is 20.6. The number of aromatic amines is 2. The van der Waals surface area contributed by atoms with E-state index in [4.69, 9.17) is 9.97 Å². The molecule has 0 fully saturated rings. The molecule has 0 unspecified atom stereocenters. The average Bonchev–Trinajstić information content (AvgIpc) is 3.59. The van der Waals surface area contributed by atoms with Crippen molar-refractivity contribution in [3.05, 3.63) is 99.6 Å². The van der Waals surface area contributed by atoms with Gasteiger partial charge in [0.25, 0.3) is 5.69 Å². The Bertz CT molecular complexity index is 1650. The molecule has 0 atom stereocenters. The number of nitrogens with one attached hydrogen (secondary N) is 2. The first-order valence-electron chi connectivity index (χ1n) is 10.4. The molecule has 1 radical (unpaired) electrons. The van der Waals surface area contributed by atoms with Crippen molar-refractivity contribution in [3.8, 4) is 11.1 Å². The van der Waals surface area contributed by atoms with Gasteiger partial charge in [-0.2, -0.15) is 0 Å². The minimum Gasteiger partial charge on any atom is -0.355 e. The van der Waals surface area contributed by atoms with Crippen molar-refractivity contribution in [2.45, 2.75) is 0 Å². The number of nitro benzene ring substituents is 1. The molecule has 7 nitrogen and oxygen atoms in total. The second-order valence-corrected chi connectivity index (χ2v) is 7.89. The van der Waals surface area contributed by atoms with Crippen molar-refractivity contribution < 1.29 is 22.0 Å². The Morgan fingerprint density at radius 3 is 1.74 bits per heavy atom. The van der Waals surface area contributed by atoms with Gasteiger partial charge in [-0.05, 0) is 84.5 Å². The van der Waals surface area contributed by atoms with Gasteiger partial charge < -0.3 is 9.97 Å². The van der Waals surface area contributed by atoms with Gasteiger partial charge in [0.2, 0.25) is 0 Å². The van der Waals surface area contributed by atoms with Crippen LogP contribution in [0.4, 0.5) is 5.69 Å². The molecule has 0 spiro atoms. The van der Waals surface area contributed by atoms with E-state index < -0.39 is 4.92 Å². The molecule has 0 amide bonds. The summed E-state index contributed by atoms with van der Waals surface area (Å²) in [5.74, 6) is 0. The zero-order chi connectivity index (χ0) is 22.4. The maximum absolute atomic E-state index is 11.1. The molecule has 3 aromatic heterocycles. The topological polar surface area (TPSA) is 100 Å². The Balaban J connectivity index is 0.00000241.